The highest BCUT2D eigenvalue weighted by atomic mass is 127. The Labute approximate surface area is 47.4 Å². The normalized spacial score (nSPS) is 19.8. The van der Waals surface area contributed by atoms with Crippen LogP contribution in [0.2, 0.25) is 0 Å². The first-order valence-electron chi connectivity index (χ1n) is 1.24. The van der Waals surface area contributed by atoms with Crippen molar-refractivity contribution in [3.8, 4) is 0 Å². The first kappa shape index (κ1) is 3.44. The lowest BCUT2D eigenvalue weighted by Gasteiger charge is -1.51. The summed E-state index contributed by atoms with van der Waals surface area (Å²) in [4.78, 5) is 0. The minimum absolute atomic E-state index is 0.109. The molecule has 1 atom stereocenters. The van der Waals surface area contributed by atoms with Gasteiger partial charge in [0.05, 0.1) is 4.14 Å². The van der Waals surface area contributed by atoms with Gasteiger partial charge in [-0.3, -0.25) is 0 Å². The SMILES string of the molecule is [2H]C(I)P=S. The van der Waals surface area contributed by atoms with E-state index in [-0.39, 0.29) is 4.14 Å². The van der Waals surface area contributed by atoms with Gasteiger partial charge in [0, 0.05) is 1.37 Å². The molecule has 0 aromatic heterocycles. The summed E-state index contributed by atoms with van der Waals surface area (Å²) in [7, 11) is 0.734. The van der Waals surface area contributed by atoms with Crippen molar-refractivity contribution in [2.24, 2.45) is 0 Å². The Morgan fingerprint density at radius 1 is 2.50 bits per heavy atom. The van der Waals surface area contributed by atoms with Crippen molar-refractivity contribution in [2.75, 3.05) is 4.14 Å². The van der Waals surface area contributed by atoms with Gasteiger partial charge in [-0.25, -0.2) is 0 Å². The molecule has 0 amide bonds. The molecule has 0 aliphatic carbocycles. The molecule has 0 nitrogen and oxygen atoms in total. The minimum atomic E-state index is -0.109. The van der Waals surface area contributed by atoms with Crippen molar-refractivity contribution >= 4 is 41.8 Å². The molecule has 0 saturated carbocycles. The van der Waals surface area contributed by atoms with Crippen molar-refractivity contribution in [3.63, 3.8) is 0 Å². The Morgan fingerprint density at radius 3 is 2.75 bits per heavy atom. The molecule has 1 unspecified atom stereocenters. The van der Waals surface area contributed by atoms with Gasteiger partial charge in [-0.15, -0.1) is 0 Å². The van der Waals surface area contributed by atoms with Crippen LogP contribution in [0.5, 0.6) is 0 Å². The molecular formula is CH2IPS. The highest BCUT2D eigenvalue weighted by molar-refractivity contribution is 14.1. The molecule has 0 radical (unpaired) electrons. The first-order chi connectivity index (χ1) is 2.27. The summed E-state index contributed by atoms with van der Waals surface area (Å²) in [6.45, 7) is 0. The van der Waals surface area contributed by atoms with Crippen molar-refractivity contribution in [2.45, 2.75) is 0 Å². The maximum absolute atomic E-state index is 6.70. The van der Waals surface area contributed by atoms with E-state index in [1.165, 1.54) is 0 Å². The fraction of sp³-hybridized carbons (Fsp3) is 1.00. The Morgan fingerprint density at radius 2 is 2.75 bits per heavy atom. The topological polar surface area (TPSA) is 0 Å². The molecule has 0 heterocycles. The fourth-order valence-electron chi connectivity index (χ4n) is 0. The van der Waals surface area contributed by atoms with E-state index in [4.69, 9.17) is 1.37 Å². The van der Waals surface area contributed by atoms with E-state index in [0.29, 0.717) is 0 Å². The molecule has 0 fully saturated rings. The second kappa shape index (κ2) is 4.25. The van der Waals surface area contributed by atoms with E-state index in [9.17, 15) is 0 Å². The summed E-state index contributed by atoms with van der Waals surface area (Å²) in [6, 6.07) is 0. The lowest BCUT2D eigenvalue weighted by Crippen LogP contribution is -1.25. The van der Waals surface area contributed by atoms with Gasteiger partial charge in [0.1, 0.15) is 0 Å². The van der Waals surface area contributed by atoms with E-state index in [1.807, 2.05) is 22.6 Å². The zero-order valence-electron chi connectivity index (χ0n) is 2.81. The van der Waals surface area contributed by atoms with Crippen LogP contribution in [-0.4, -0.2) is 4.14 Å². The van der Waals surface area contributed by atoms with Crippen molar-refractivity contribution < 1.29 is 1.37 Å². The standard InChI is InChI=1S/CH2IPS/c2-1-3-4/h1H2/i1D. The van der Waals surface area contributed by atoms with Crippen LogP contribution < -0.4 is 0 Å². The quantitative estimate of drug-likeness (QED) is 0.357. The molecule has 4 heavy (non-hydrogen) atoms. The molecule has 24 valence electrons. The fourth-order valence-corrected chi connectivity index (χ4v) is 0. The van der Waals surface area contributed by atoms with Crippen molar-refractivity contribution in [1.29, 1.82) is 0 Å². The molecule has 0 aromatic rings. The van der Waals surface area contributed by atoms with E-state index in [0.717, 1.165) is 7.36 Å². The number of alkyl halides is 1. The third-order valence-corrected chi connectivity index (χ3v) is 2.41. The van der Waals surface area contributed by atoms with Gasteiger partial charge in [0.15, 0.2) is 0 Å². The van der Waals surface area contributed by atoms with Gasteiger partial charge < -0.3 is 0 Å². The number of hydrogen-bond acceptors (Lipinski definition) is 1. The van der Waals surface area contributed by atoms with Crippen LogP contribution in [0.15, 0.2) is 0 Å². The van der Waals surface area contributed by atoms with Crippen molar-refractivity contribution in [3.05, 3.63) is 0 Å². The Kier molecular flexibility index (Phi) is 3.66. The van der Waals surface area contributed by atoms with E-state index >= 15 is 0 Å². The summed E-state index contributed by atoms with van der Waals surface area (Å²) in [6.07, 6.45) is 0. The average Bonchev–Trinajstić information content (AvgIpc) is 1.38. The molecule has 0 saturated heterocycles. The van der Waals surface area contributed by atoms with Crippen LogP contribution in [0, 0.1) is 0 Å². The van der Waals surface area contributed by atoms with E-state index in [1.54, 1.807) is 0 Å². The summed E-state index contributed by atoms with van der Waals surface area (Å²) >= 11 is 6.41. The first-order valence-corrected chi connectivity index (χ1v) is 3.88. The summed E-state index contributed by atoms with van der Waals surface area (Å²) in [5, 5.41) is 0. The van der Waals surface area contributed by atoms with Crippen LogP contribution >= 0.6 is 29.9 Å². The third kappa shape index (κ3) is 3.25. The van der Waals surface area contributed by atoms with Crippen LogP contribution in [0.3, 0.4) is 0 Å². The molecule has 0 aliphatic heterocycles. The largest absolute Gasteiger partial charge is 0.0756 e. The molecule has 0 aromatic carbocycles. The Balaban J connectivity index is 2.83. The summed E-state index contributed by atoms with van der Waals surface area (Å²) in [5.41, 5.74) is 0. The maximum atomic E-state index is 6.70. The van der Waals surface area contributed by atoms with Gasteiger partial charge in [-0.1, -0.05) is 34.4 Å². The lowest BCUT2D eigenvalue weighted by atomic mass is 11.9. The van der Waals surface area contributed by atoms with Gasteiger partial charge >= 0.3 is 0 Å². The van der Waals surface area contributed by atoms with E-state index in [2.05, 4.69) is 11.8 Å². The van der Waals surface area contributed by atoms with E-state index < -0.39 is 0 Å². The molecule has 0 N–H and O–H groups in total. The molecule has 0 bridgehead atoms. The molecule has 0 aliphatic rings. The second-order valence-corrected chi connectivity index (χ2v) is 2.91. The zero-order chi connectivity index (χ0) is 4.28. The number of rotatable bonds is 1. The molecule has 0 spiro atoms. The van der Waals surface area contributed by atoms with Gasteiger partial charge in [-0.2, -0.15) is 0 Å². The van der Waals surface area contributed by atoms with Gasteiger partial charge in [0.2, 0.25) is 0 Å². The Hall–Kier alpha value is 1.25. The minimum Gasteiger partial charge on any atom is -0.0756 e. The summed E-state index contributed by atoms with van der Waals surface area (Å²) in [5.74, 6) is 0. The monoisotopic (exact) mass is 205 g/mol. The number of halogens is 1. The van der Waals surface area contributed by atoms with Gasteiger partial charge in [0.25, 0.3) is 0 Å². The van der Waals surface area contributed by atoms with Crippen molar-refractivity contribution in [1.82, 2.24) is 0 Å². The number of hydrogen-bond donors (Lipinski definition) is 0. The predicted octanol–water partition coefficient (Wildman–Crippen LogP) is 1.79. The molecule has 3 heteroatoms. The highest BCUT2D eigenvalue weighted by Gasteiger charge is 1.51. The molecule has 0 rings (SSSR count). The van der Waals surface area contributed by atoms with Crippen LogP contribution in [0.4, 0.5) is 0 Å². The Bertz CT molecular complexity index is 38.6. The third-order valence-electron chi connectivity index (χ3n) is 0.0398. The maximum Gasteiger partial charge on any atom is 0.0520 e. The average molecular weight is 205 g/mol. The second-order valence-electron chi connectivity index (χ2n) is 0.203. The van der Waals surface area contributed by atoms with Crippen LogP contribution in [0.1, 0.15) is 1.37 Å². The summed E-state index contributed by atoms with van der Waals surface area (Å²) < 4.78 is 6.59. The lowest BCUT2D eigenvalue weighted by molar-refractivity contribution is 2.44. The smallest absolute Gasteiger partial charge is 0.0520 e. The van der Waals surface area contributed by atoms with Crippen LogP contribution in [0.25, 0.3) is 0 Å². The zero-order valence-corrected chi connectivity index (χ0v) is 5.68. The predicted molar refractivity (Wildman–Crippen MR) is 33.2 cm³/mol. The molecular weight excluding hydrogens is 202 g/mol. The van der Waals surface area contributed by atoms with Crippen LogP contribution in [-0.2, 0) is 11.8 Å². The highest BCUT2D eigenvalue weighted by Crippen LogP contribution is 1.95. The van der Waals surface area contributed by atoms with Gasteiger partial charge in [-0.05, 0) is 7.36 Å².